The molecule has 0 N–H and O–H groups in total. The van der Waals surface area contributed by atoms with Crippen LogP contribution in [0.5, 0.6) is 0 Å². The summed E-state index contributed by atoms with van der Waals surface area (Å²) in [6.07, 6.45) is 1.56. The van der Waals surface area contributed by atoms with Crippen molar-refractivity contribution < 1.29 is 19.2 Å². The third kappa shape index (κ3) is 7.49. The predicted octanol–water partition coefficient (Wildman–Crippen LogP) is 9.66. The van der Waals surface area contributed by atoms with Crippen LogP contribution in [0.4, 0.5) is 22.7 Å². The summed E-state index contributed by atoms with van der Waals surface area (Å²) in [4.78, 5) is 66.3. The maximum Gasteiger partial charge on any atom is 0.254 e. The van der Waals surface area contributed by atoms with Gasteiger partial charge < -0.3 is 19.6 Å². The number of likely N-dealkylation sites (N-methyl/N-ethyl adjacent to an activating group) is 2. The first-order chi connectivity index (χ1) is 33.0. The Morgan fingerprint density at radius 2 is 0.838 bits per heavy atom. The van der Waals surface area contributed by atoms with Gasteiger partial charge in [0.05, 0.1) is 22.2 Å². The minimum Gasteiger partial charge on any atom is -0.336 e. The second kappa shape index (κ2) is 17.3. The van der Waals surface area contributed by atoms with Crippen LogP contribution in [0.1, 0.15) is 67.6 Å². The zero-order valence-electron chi connectivity index (χ0n) is 38.2. The van der Waals surface area contributed by atoms with Gasteiger partial charge in [0.2, 0.25) is 11.8 Å². The largest absolute Gasteiger partial charge is 0.336 e. The van der Waals surface area contributed by atoms with Gasteiger partial charge in [-0.1, -0.05) is 96.0 Å². The molecule has 6 aromatic rings. The summed E-state index contributed by atoms with van der Waals surface area (Å²) in [7, 11) is 4.15. The number of carbonyl (C=O) groups excluding carboxylic acids is 4. The van der Waals surface area contributed by atoms with Gasteiger partial charge in [-0.05, 0) is 122 Å². The van der Waals surface area contributed by atoms with Gasteiger partial charge in [-0.3, -0.25) is 29.0 Å². The summed E-state index contributed by atoms with van der Waals surface area (Å²) in [6.45, 7) is 6.37. The highest BCUT2D eigenvalue weighted by atomic mass is 35.5. The monoisotopic (exact) mass is 942 g/mol. The Morgan fingerprint density at radius 1 is 0.471 bits per heavy atom. The smallest absolute Gasteiger partial charge is 0.254 e. The Balaban J connectivity index is 0.000000149. The lowest BCUT2D eigenvalue weighted by atomic mass is 9.92. The van der Waals surface area contributed by atoms with Crippen molar-refractivity contribution in [2.24, 2.45) is 0 Å². The Kier molecular flexibility index (Phi) is 11.3. The second-order valence-corrected chi connectivity index (χ2v) is 20.0. The van der Waals surface area contributed by atoms with Crippen LogP contribution in [0.15, 0.2) is 146 Å². The van der Waals surface area contributed by atoms with Gasteiger partial charge in [-0.2, -0.15) is 0 Å². The number of fused-ring (bicyclic) bond motifs is 4. The fourth-order valence-corrected chi connectivity index (χ4v) is 11.4. The van der Waals surface area contributed by atoms with Crippen LogP contribution in [-0.2, 0) is 20.4 Å². The van der Waals surface area contributed by atoms with E-state index in [1.54, 1.807) is 0 Å². The topological polar surface area (TPSA) is 87.7 Å². The standard InChI is InChI=1S/2C28H26ClN3O2/c2*1-30-13-15-31(16-14-30)26(33)20-5-4-6-22(17-20)32-25-8-3-2-7-23(25)28(27(32)34)18-24(28)19-9-11-21(29)12-10-19/h2*2-12,17,24H,13-16,18H2,1H3/t2*24-,28+/m10/s1. The summed E-state index contributed by atoms with van der Waals surface area (Å²) < 4.78 is 0. The van der Waals surface area contributed by atoms with Gasteiger partial charge in [0.25, 0.3) is 11.8 Å². The summed E-state index contributed by atoms with van der Waals surface area (Å²) in [5, 5.41) is 1.39. The molecule has 0 radical (unpaired) electrons. The van der Waals surface area contributed by atoms with Crippen LogP contribution >= 0.6 is 23.2 Å². The average Bonchev–Trinajstić information content (AvgIpc) is 4.27. The molecule has 6 aromatic carbocycles. The van der Waals surface area contributed by atoms with E-state index in [1.807, 2.05) is 153 Å². The molecular weight excluding hydrogens is 892 g/mol. The molecule has 0 unspecified atom stereocenters. The molecule has 0 aromatic heterocycles. The fraction of sp³-hybridized carbons (Fsp3) is 0.286. The number of halogens is 2. The molecule has 4 amide bonds. The SMILES string of the molecule is CN1CCN(C(=O)c2cccc(N3C(=O)[C@@]4(C[C@@H]4c4ccc(Cl)cc4)c4ccccc43)c2)CC1.CN1CCN(C(=O)c2cccc(N3C(=O)[C@]4(C[C@H]4c4ccc(Cl)cc4)c4ccccc43)c2)CC1. The van der Waals surface area contributed by atoms with Gasteiger partial charge >= 0.3 is 0 Å². The third-order valence-corrected chi connectivity index (χ3v) is 15.7. The molecule has 10 nitrogen and oxygen atoms in total. The maximum absolute atomic E-state index is 14.0. The van der Waals surface area contributed by atoms with Gasteiger partial charge in [0, 0.05) is 96.7 Å². The fourth-order valence-electron chi connectivity index (χ4n) is 11.2. The Labute approximate surface area is 407 Å². The molecule has 2 spiro atoms. The number of carbonyl (C=O) groups is 4. The lowest BCUT2D eigenvalue weighted by molar-refractivity contribution is -0.120. The van der Waals surface area contributed by atoms with E-state index in [9.17, 15) is 19.2 Å². The van der Waals surface area contributed by atoms with Crippen molar-refractivity contribution in [3.8, 4) is 0 Å². The Bertz CT molecular complexity index is 2770. The van der Waals surface area contributed by atoms with Crippen molar-refractivity contribution in [3.63, 3.8) is 0 Å². The van der Waals surface area contributed by atoms with Crippen LogP contribution in [-0.4, -0.2) is 110 Å². The number of hydrogen-bond donors (Lipinski definition) is 0. The van der Waals surface area contributed by atoms with Gasteiger partial charge in [0.1, 0.15) is 0 Å². The first-order valence-electron chi connectivity index (χ1n) is 23.5. The quantitative estimate of drug-likeness (QED) is 0.165. The lowest BCUT2D eigenvalue weighted by Gasteiger charge is -2.32. The molecule has 0 bridgehead atoms. The number of rotatable bonds is 6. The zero-order valence-corrected chi connectivity index (χ0v) is 39.7. The molecule has 4 atom stereocenters. The number of nitrogens with zero attached hydrogens (tertiary/aromatic N) is 6. The molecule has 4 heterocycles. The normalized spacial score (nSPS) is 23.9. The average molecular weight is 944 g/mol. The van der Waals surface area contributed by atoms with E-state index in [-0.39, 0.29) is 35.5 Å². The summed E-state index contributed by atoms with van der Waals surface area (Å²) in [5.74, 6) is 0.456. The molecule has 68 heavy (non-hydrogen) atoms. The van der Waals surface area contributed by atoms with Crippen LogP contribution in [0.25, 0.3) is 0 Å². The maximum atomic E-state index is 14.0. The molecule has 12 heteroatoms. The number of amides is 4. The first-order valence-corrected chi connectivity index (χ1v) is 24.3. The van der Waals surface area contributed by atoms with Crippen molar-refractivity contribution in [1.29, 1.82) is 0 Å². The van der Waals surface area contributed by atoms with E-state index < -0.39 is 10.8 Å². The van der Waals surface area contributed by atoms with Crippen LogP contribution < -0.4 is 9.80 Å². The molecule has 12 rings (SSSR count). The number of anilines is 4. The van der Waals surface area contributed by atoms with E-state index in [2.05, 4.69) is 36.0 Å². The molecule has 4 aliphatic heterocycles. The second-order valence-electron chi connectivity index (χ2n) is 19.2. The molecule has 344 valence electrons. The van der Waals surface area contributed by atoms with Gasteiger partial charge in [-0.25, -0.2) is 0 Å². The van der Waals surface area contributed by atoms with E-state index in [4.69, 9.17) is 23.2 Å². The summed E-state index contributed by atoms with van der Waals surface area (Å²) in [5.41, 5.74) is 7.85. The third-order valence-electron chi connectivity index (χ3n) is 15.2. The van der Waals surface area contributed by atoms with Crippen LogP contribution in [0.3, 0.4) is 0 Å². The van der Waals surface area contributed by atoms with Crippen molar-refractivity contribution in [2.75, 3.05) is 76.3 Å². The number of piperazine rings is 2. The number of benzene rings is 6. The van der Waals surface area contributed by atoms with Gasteiger partial charge in [-0.15, -0.1) is 0 Å². The van der Waals surface area contributed by atoms with Crippen molar-refractivity contribution in [2.45, 2.75) is 35.5 Å². The number of hydrogen-bond acceptors (Lipinski definition) is 6. The molecule has 2 saturated heterocycles. The van der Waals surface area contributed by atoms with E-state index in [0.29, 0.717) is 21.2 Å². The van der Waals surface area contributed by atoms with E-state index >= 15 is 0 Å². The highest BCUT2D eigenvalue weighted by Gasteiger charge is 2.68. The molecule has 6 aliphatic rings. The highest BCUT2D eigenvalue weighted by molar-refractivity contribution is 6.31. The van der Waals surface area contributed by atoms with E-state index in [0.717, 1.165) is 110 Å². The highest BCUT2D eigenvalue weighted by Crippen LogP contribution is 2.68. The molecular formula is C56H52Cl2N6O4. The van der Waals surface area contributed by atoms with Crippen LogP contribution in [0.2, 0.25) is 10.0 Å². The minimum atomic E-state index is -0.554. The van der Waals surface area contributed by atoms with Crippen molar-refractivity contribution in [3.05, 3.63) is 189 Å². The molecule has 4 fully saturated rings. The van der Waals surface area contributed by atoms with Gasteiger partial charge in [0.15, 0.2) is 0 Å². The summed E-state index contributed by atoms with van der Waals surface area (Å²) >= 11 is 12.2. The lowest BCUT2D eigenvalue weighted by Crippen LogP contribution is -2.47. The molecule has 2 saturated carbocycles. The molecule has 2 aliphatic carbocycles. The zero-order chi connectivity index (χ0) is 46.9. The van der Waals surface area contributed by atoms with Crippen molar-refractivity contribution in [1.82, 2.24) is 19.6 Å². The van der Waals surface area contributed by atoms with Crippen molar-refractivity contribution >= 4 is 69.6 Å². The Hall–Kier alpha value is -6.30. The van der Waals surface area contributed by atoms with Crippen LogP contribution in [0, 0.1) is 0 Å². The summed E-state index contributed by atoms with van der Waals surface area (Å²) in [6, 6.07) is 46.8. The predicted molar refractivity (Wildman–Crippen MR) is 268 cm³/mol. The van der Waals surface area contributed by atoms with E-state index in [1.165, 1.54) is 0 Å². The number of para-hydroxylation sites is 2. The Morgan fingerprint density at radius 3 is 1.22 bits per heavy atom. The first kappa shape index (κ1) is 44.2. The minimum absolute atomic E-state index is 0.0232.